The van der Waals surface area contributed by atoms with Gasteiger partial charge in [-0.05, 0) is 81.8 Å². The van der Waals surface area contributed by atoms with Crippen LogP contribution in [0.2, 0.25) is 0 Å². The number of aliphatic hydroxyl groups excluding tert-OH is 1. The zero-order valence-corrected chi connectivity index (χ0v) is 23.1. The molecular formula is C29H38IO5+. The van der Waals surface area contributed by atoms with Crippen LogP contribution >= 0.6 is 0 Å². The molecule has 1 aliphatic rings. The average Bonchev–Trinajstić information content (AvgIpc) is 3.64. The van der Waals surface area contributed by atoms with Crippen LogP contribution in [-0.2, 0) is 14.3 Å². The molecule has 0 saturated carbocycles. The Morgan fingerprint density at radius 1 is 1.03 bits per heavy atom. The molecule has 5 nitrogen and oxygen atoms in total. The Balaban J connectivity index is 1.37. The van der Waals surface area contributed by atoms with E-state index in [0.29, 0.717) is 30.8 Å². The van der Waals surface area contributed by atoms with Gasteiger partial charge >= 0.3 is 27.2 Å². The van der Waals surface area contributed by atoms with E-state index in [1.165, 1.54) is 12.7 Å². The summed E-state index contributed by atoms with van der Waals surface area (Å²) in [6.45, 7) is 5.96. The maximum Gasteiger partial charge on any atom is 0.357 e. The first-order valence-corrected chi connectivity index (χ1v) is 14.8. The molecule has 0 bridgehead atoms. The molecule has 35 heavy (non-hydrogen) atoms. The number of hydrogen-bond acceptors (Lipinski definition) is 5. The van der Waals surface area contributed by atoms with E-state index in [0.717, 1.165) is 25.7 Å². The van der Waals surface area contributed by atoms with Crippen LogP contribution in [0.25, 0.3) is 0 Å². The van der Waals surface area contributed by atoms with E-state index in [1.807, 2.05) is 19.1 Å². The number of esters is 1. The van der Waals surface area contributed by atoms with Crippen molar-refractivity contribution in [3.63, 3.8) is 0 Å². The number of aliphatic hydroxyl groups is 1. The van der Waals surface area contributed by atoms with Crippen molar-refractivity contribution in [1.29, 1.82) is 0 Å². The average molecular weight is 594 g/mol. The highest BCUT2D eigenvalue weighted by Crippen LogP contribution is 2.29. The van der Waals surface area contributed by atoms with Crippen molar-refractivity contribution >= 4 is 5.97 Å². The lowest BCUT2D eigenvalue weighted by atomic mass is 10.1. The molecule has 2 aromatic carbocycles. The van der Waals surface area contributed by atoms with Crippen LogP contribution in [0.15, 0.2) is 60.7 Å². The van der Waals surface area contributed by atoms with Crippen LogP contribution in [0.3, 0.4) is 0 Å². The summed E-state index contributed by atoms with van der Waals surface area (Å²) in [5.41, 5.74) is 1.27. The summed E-state index contributed by atoms with van der Waals surface area (Å²) in [6.07, 6.45) is 8.92. The first-order chi connectivity index (χ1) is 17.0. The summed E-state index contributed by atoms with van der Waals surface area (Å²) in [4.78, 5) is 12.4. The Morgan fingerprint density at radius 3 is 2.31 bits per heavy atom. The van der Waals surface area contributed by atoms with Crippen LogP contribution in [0.1, 0.15) is 57.9 Å². The van der Waals surface area contributed by atoms with E-state index < -0.39 is 18.2 Å². The molecule has 1 fully saturated rings. The highest BCUT2D eigenvalue weighted by atomic mass is 127. The Hall–Kier alpha value is -1.90. The molecule has 4 unspecified atom stereocenters. The third-order valence-corrected chi connectivity index (χ3v) is 8.71. The zero-order valence-electron chi connectivity index (χ0n) is 21.0. The van der Waals surface area contributed by atoms with E-state index >= 15 is 0 Å². The van der Waals surface area contributed by atoms with Crippen LogP contribution in [-0.4, -0.2) is 42.1 Å². The van der Waals surface area contributed by atoms with Crippen LogP contribution in [0.4, 0.5) is 0 Å². The number of halogens is 1. The summed E-state index contributed by atoms with van der Waals surface area (Å²) >= 11 is -0.242. The van der Waals surface area contributed by atoms with Gasteiger partial charge in [-0.15, -0.1) is 0 Å². The number of aryl methyl sites for hydroxylation is 1. The van der Waals surface area contributed by atoms with E-state index in [-0.39, 0.29) is 27.8 Å². The second-order valence-electron chi connectivity index (χ2n) is 8.88. The van der Waals surface area contributed by atoms with Gasteiger partial charge in [-0.2, -0.15) is 0 Å². The predicted octanol–water partition coefficient (Wildman–Crippen LogP) is 2.48. The van der Waals surface area contributed by atoms with Crippen molar-refractivity contribution in [3.05, 3.63) is 73.4 Å². The first-order valence-electron chi connectivity index (χ1n) is 12.6. The van der Waals surface area contributed by atoms with E-state index in [4.69, 9.17) is 14.2 Å². The van der Waals surface area contributed by atoms with E-state index in [9.17, 15) is 9.90 Å². The molecule has 0 aliphatic carbocycles. The second kappa shape index (κ2) is 14.6. The van der Waals surface area contributed by atoms with Crippen molar-refractivity contribution < 1.29 is 45.3 Å². The first kappa shape index (κ1) is 27.7. The molecule has 0 aromatic heterocycles. The lowest BCUT2D eigenvalue weighted by Gasteiger charge is -2.22. The molecule has 190 valence electrons. The quantitative estimate of drug-likeness (QED) is 0.149. The van der Waals surface area contributed by atoms with Gasteiger partial charge in [0.25, 0.3) is 0 Å². The van der Waals surface area contributed by atoms with Gasteiger partial charge in [0, 0.05) is 0 Å². The minimum atomic E-state index is -0.678. The maximum atomic E-state index is 12.4. The molecule has 2 aromatic rings. The van der Waals surface area contributed by atoms with Gasteiger partial charge in [-0.25, -0.2) is 4.79 Å². The molecule has 6 heteroatoms. The zero-order chi connectivity index (χ0) is 25.0. The molecule has 1 N–H and O–H groups in total. The summed E-state index contributed by atoms with van der Waals surface area (Å²) < 4.78 is 19.4. The van der Waals surface area contributed by atoms with Gasteiger partial charge in [0.15, 0.2) is 13.7 Å². The topological polar surface area (TPSA) is 68.3 Å². The fourth-order valence-corrected chi connectivity index (χ4v) is 5.96. The number of rotatable bonds is 15. The smallest absolute Gasteiger partial charge is 0.357 e. The van der Waals surface area contributed by atoms with E-state index in [1.54, 1.807) is 0 Å². The highest BCUT2D eigenvalue weighted by molar-refractivity contribution is 5.71. The number of allylic oxidation sites excluding steroid dienone is 2. The Kier molecular flexibility index (Phi) is 11.6. The normalized spacial score (nSPS) is 18.9. The van der Waals surface area contributed by atoms with Gasteiger partial charge in [0.2, 0.25) is 0 Å². The molecule has 1 heterocycles. The SMILES string of the molecule is CCC(O)C(CCC=CCCC1OC1CC)OC(=O)COc1ccc([I+]c2ccc(C)cc2)cc1. The summed E-state index contributed by atoms with van der Waals surface area (Å²) in [6, 6.07) is 16.6. The molecule has 3 rings (SSSR count). The van der Waals surface area contributed by atoms with Crippen molar-refractivity contribution in [1.82, 2.24) is 0 Å². The van der Waals surface area contributed by atoms with Gasteiger partial charge in [0.05, 0.1) is 18.3 Å². The number of epoxide rings is 1. The standard InChI is InChI=1S/C29H38IO5/c1-4-25(31)27(10-8-6-7-9-11-28-26(5-2)34-28)35-29(32)20-33-24-18-16-23(17-19-24)30-22-14-12-21(3)13-15-22/h6-7,12-19,25-28,31H,4-5,8-11,20H2,1-3H3/q+1. The van der Waals surface area contributed by atoms with Crippen molar-refractivity contribution in [3.8, 4) is 5.75 Å². The van der Waals surface area contributed by atoms with Crippen LogP contribution in [0.5, 0.6) is 5.75 Å². The van der Waals surface area contributed by atoms with Gasteiger partial charge in [0.1, 0.15) is 11.9 Å². The number of ether oxygens (including phenoxy) is 3. The van der Waals surface area contributed by atoms with Gasteiger partial charge < -0.3 is 19.3 Å². The third-order valence-electron chi connectivity index (χ3n) is 6.02. The Morgan fingerprint density at radius 2 is 1.69 bits per heavy atom. The summed E-state index contributed by atoms with van der Waals surface area (Å²) in [5, 5.41) is 10.3. The van der Waals surface area contributed by atoms with Gasteiger partial charge in [-0.3, -0.25) is 0 Å². The predicted molar refractivity (Wildman–Crippen MR) is 133 cm³/mol. The number of benzene rings is 2. The molecule has 0 radical (unpaired) electrons. The van der Waals surface area contributed by atoms with E-state index in [2.05, 4.69) is 62.4 Å². The monoisotopic (exact) mass is 593 g/mol. The minimum Gasteiger partial charge on any atom is -0.482 e. The number of carbonyl (C=O) groups is 1. The number of carbonyl (C=O) groups excluding carboxylic acids is 1. The molecule has 1 saturated heterocycles. The fraction of sp³-hybridized carbons (Fsp3) is 0.483. The lowest BCUT2D eigenvalue weighted by Crippen LogP contribution is -3.61. The van der Waals surface area contributed by atoms with Crippen LogP contribution in [0, 0.1) is 14.1 Å². The summed E-state index contributed by atoms with van der Waals surface area (Å²) in [7, 11) is 0. The fourth-order valence-electron chi connectivity index (χ4n) is 3.80. The van der Waals surface area contributed by atoms with Crippen LogP contribution < -0.4 is 25.9 Å². The number of hydrogen-bond donors (Lipinski definition) is 1. The lowest BCUT2D eigenvalue weighted by molar-refractivity contribution is -0.597. The molecule has 0 amide bonds. The Labute approximate surface area is 220 Å². The second-order valence-corrected chi connectivity index (χ2v) is 11.9. The van der Waals surface area contributed by atoms with Crippen molar-refractivity contribution in [2.75, 3.05) is 6.61 Å². The largest absolute Gasteiger partial charge is 0.482 e. The third kappa shape index (κ3) is 9.94. The van der Waals surface area contributed by atoms with Gasteiger partial charge in [-0.1, -0.05) is 43.7 Å². The molecular weight excluding hydrogens is 555 g/mol. The molecule has 1 aliphatic heterocycles. The van der Waals surface area contributed by atoms with Crippen molar-refractivity contribution in [2.45, 2.75) is 83.7 Å². The molecule has 4 atom stereocenters. The highest BCUT2D eigenvalue weighted by Gasteiger charge is 2.35. The Bertz CT molecular complexity index is 925. The van der Waals surface area contributed by atoms with Crippen molar-refractivity contribution in [2.24, 2.45) is 0 Å². The molecule has 0 spiro atoms. The maximum absolute atomic E-state index is 12.4. The minimum absolute atomic E-state index is 0.172. The summed E-state index contributed by atoms with van der Waals surface area (Å²) in [5.74, 6) is 0.179.